The van der Waals surface area contributed by atoms with Gasteiger partial charge in [-0.05, 0) is 43.4 Å². The average molecular weight is 329 g/mol. The molecule has 3 rings (SSSR count). The first-order chi connectivity index (χ1) is 9.98. The van der Waals surface area contributed by atoms with Gasteiger partial charge in [-0.3, -0.25) is 0 Å². The molecule has 0 aliphatic heterocycles. The Morgan fingerprint density at radius 1 is 1.29 bits per heavy atom. The molecular weight excluding hydrogens is 308 g/mol. The van der Waals surface area contributed by atoms with E-state index in [-0.39, 0.29) is 10.9 Å². The second-order valence-corrected chi connectivity index (χ2v) is 8.42. The normalized spacial score (nSPS) is 19.8. The van der Waals surface area contributed by atoms with E-state index in [1.54, 1.807) is 19.2 Å². The number of sulfonamides is 1. The highest BCUT2D eigenvalue weighted by Crippen LogP contribution is 2.30. The number of rotatable bonds is 6. The van der Waals surface area contributed by atoms with Gasteiger partial charge < -0.3 is 5.32 Å². The molecule has 0 bridgehead atoms. The van der Waals surface area contributed by atoms with Gasteiger partial charge >= 0.3 is 0 Å². The van der Waals surface area contributed by atoms with Crippen molar-refractivity contribution < 1.29 is 8.42 Å². The predicted octanol–water partition coefficient (Wildman–Crippen LogP) is 2.77. The number of benzene rings is 1. The number of nitrogens with zero attached hydrogens (tertiary/aromatic N) is 1. The van der Waals surface area contributed by atoms with Gasteiger partial charge in [0.1, 0.15) is 0 Å². The fourth-order valence-electron chi connectivity index (χ4n) is 2.49. The fraction of sp³-hybridized carbons (Fsp3) is 0.600. The Morgan fingerprint density at radius 3 is 2.52 bits per heavy atom. The predicted molar refractivity (Wildman–Crippen MR) is 83.9 cm³/mol. The standard InChI is InChI=1S/C15H21ClN2O2S/c1-18(13-3-2-4-13)21(19,20)14-8-5-11(15(16)9-14)10-17-12-6-7-12/h5,8-9,12-13,17H,2-4,6-7,10H2,1H3. The van der Waals surface area contributed by atoms with Crippen LogP contribution < -0.4 is 5.32 Å². The monoisotopic (exact) mass is 328 g/mol. The lowest BCUT2D eigenvalue weighted by Gasteiger charge is -2.33. The molecule has 2 aliphatic carbocycles. The Morgan fingerprint density at radius 2 is 2.00 bits per heavy atom. The third-order valence-corrected chi connectivity index (χ3v) is 6.71. The lowest BCUT2D eigenvalue weighted by molar-refractivity contribution is 0.249. The fourth-order valence-corrected chi connectivity index (χ4v) is 4.24. The van der Waals surface area contributed by atoms with Crippen LogP contribution >= 0.6 is 11.6 Å². The molecule has 1 aromatic carbocycles. The van der Waals surface area contributed by atoms with Crippen molar-refractivity contribution in [1.29, 1.82) is 0 Å². The van der Waals surface area contributed by atoms with E-state index >= 15 is 0 Å². The SMILES string of the molecule is CN(C1CCC1)S(=O)(=O)c1ccc(CNC2CC2)c(Cl)c1. The van der Waals surface area contributed by atoms with Gasteiger partial charge in [-0.25, -0.2) is 8.42 Å². The summed E-state index contributed by atoms with van der Waals surface area (Å²) >= 11 is 6.25. The van der Waals surface area contributed by atoms with Gasteiger partial charge in [0.15, 0.2) is 0 Å². The van der Waals surface area contributed by atoms with E-state index in [9.17, 15) is 8.42 Å². The van der Waals surface area contributed by atoms with Crippen molar-refractivity contribution in [3.05, 3.63) is 28.8 Å². The van der Waals surface area contributed by atoms with Crippen LogP contribution in [0.2, 0.25) is 5.02 Å². The molecule has 0 unspecified atom stereocenters. The van der Waals surface area contributed by atoms with E-state index in [0.29, 0.717) is 17.6 Å². The van der Waals surface area contributed by atoms with Crippen LogP contribution in [0.25, 0.3) is 0 Å². The zero-order valence-electron chi connectivity index (χ0n) is 12.2. The van der Waals surface area contributed by atoms with Crippen molar-refractivity contribution in [2.45, 2.75) is 55.6 Å². The summed E-state index contributed by atoms with van der Waals surface area (Å²) in [6.45, 7) is 0.697. The van der Waals surface area contributed by atoms with Crippen LogP contribution in [0.3, 0.4) is 0 Å². The van der Waals surface area contributed by atoms with E-state index in [1.165, 1.54) is 17.1 Å². The Hall–Kier alpha value is -0.620. The largest absolute Gasteiger partial charge is 0.310 e. The average Bonchev–Trinajstić information content (AvgIpc) is 3.19. The lowest BCUT2D eigenvalue weighted by atomic mass is 9.94. The van der Waals surface area contributed by atoms with Crippen molar-refractivity contribution in [2.24, 2.45) is 0 Å². The van der Waals surface area contributed by atoms with Gasteiger partial charge in [0.05, 0.1) is 4.90 Å². The first-order valence-electron chi connectivity index (χ1n) is 7.48. The van der Waals surface area contributed by atoms with Crippen LogP contribution in [0.4, 0.5) is 0 Å². The van der Waals surface area contributed by atoms with Crippen LogP contribution in [0, 0.1) is 0 Å². The molecule has 0 spiro atoms. The molecule has 0 radical (unpaired) electrons. The van der Waals surface area contributed by atoms with E-state index < -0.39 is 10.0 Å². The molecule has 0 amide bonds. The number of hydrogen-bond acceptors (Lipinski definition) is 3. The quantitative estimate of drug-likeness (QED) is 0.873. The molecular formula is C15H21ClN2O2S. The number of nitrogens with one attached hydrogen (secondary N) is 1. The molecule has 1 aromatic rings. The third-order valence-electron chi connectivity index (χ3n) is 4.45. The minimum absolute atomic E-state index is 0.144. The van der Waals surface area contributed by atoms with Crippen molar-refractivity contribution in [1.82, 2.24) is 9.62 Å². The van der Waals surface area contributed by atoms with Crippen LogP contribution in [0.1, 0.15) is 37.7 Å². The maximum Gasteiger partial charge on any atom is 0.243 e. The minimum Gasteiger partial charge on any atom is -0.310 e. The van der Waals surface area contributed by atoms with Crippen molar-refractivity contribution in [3.8, 4) is 0 Å². The van der Waals surface area contributed by atoms with Crippen molar-refractivity contribution >= 4 is 21.6 Å². The zero-order chi connectivity index (χ0) is 15.0. The van der Waals surface area contributed by atoms with Gasteiger partial charge in [-0.1, -0.05) is 24.1 Å². The maximum atomic E-state index is 12.6. The molecule has 0 aromatic heterocycles. The Labute approximate surface area is 131 Å². The van der Waals surface area contributed by atoms with Crippen LogP contribution in [0.15, 0.2) is 23.1 Å². The molecule has 6 heteroatoms. The molecule has 1 N–H and O–H groups in total. The topological polar surface area (TPSA) is 49.4 Å². The lowest BCUT2D eigenvalue weighted by Crippen LogP contribution is -2.41. The van der Waals surface area contributed by atoms with Gasteiger partial charge in [-0.15, -0.1) is 0 Å². The summed E-state index contributed by atoms with van der Waals surface area (Å²) in [5.41, 5.74) is 0.953. The van der Waals surface area contributed by atoms with Gasteiger partial charge in [0, 0.05) is 30.7 Å². The molecule has 0 saturated heterocycles. The van der Waals surface area contributed by atoms with Gasteiger partial charge in [0.25, 0.3) is 0 Å². The molecule has 2 fully saturated rings. The van der Waals surface area contributed by atoms with E-state index in [0.717, 1.165) is 24.8 Å². The highest BCUT2D eigenvalue weighted by molar-refractivity contribution is 7.89. The summed E-state index contributed by atoms with van der Waals surface area (Å²) in [7, 11) is -1.77. The van der Waals surface area contributed by atoms with Crippen LogP contribution in [-0.4, -0.2) is 31.9 Å². The smallest absolute Gasteiger partial charge is 0.243 e. The second-order valence-electron chi connectivity index (χ2n) is 6.01. The molecule has 2 aliphatic rings. The Balaban J connectivity index is 1.76. The van der Waals surface area contributed by atoms with Crippen LogP contribution in [-0.2, 0) is 16.6 Å². The van der Waals surface area contributed by atoms with E-state index in [1.807, 2.05) is 6.07 Å². The summed E-state index contributed by atoms with van der Waals surface area (Å²) in [4.78, 5) is 0.289. The highest BCUT2D eigenvalue weighted by Gasteiger charge is 2.32. The van der Waals surface area contributed by atoms with Gasteiger partial charge in [-0.2, -0.15) is 4.31 Å². The summed E-state index contributed by atoms with van der Waals surface area (Å²) in [6, 6.07) is 5.81. The number of hydrogen-bond donors (Lipinski definition) is 1. The molecule has 21 heavy (non-hydrogen) atoms. The Bertz CT molecular complexity index is 625. The van der Waals surface area contributed by atoms with E-state index in [4.69, 9.17) is 11.6 Å². The van der Waals surface area contributed by atoms with Crippen molar-refractivity contribution in [2.75, 3.05) is 7.05 Å². The summed E-state index contributed by atoms with van der Waals surface area (Å²) < 4.78 is 26.6. The van der Waals surface area contributed by atoms with Gasteiger partial charge in [0.2, 0.25) is 10.0 Å². The number of halogens is 1. The maximum absolute atomic E-state index is 12.6. The minimum atomic E-state index is -3.43. The second kappa shape index (κ2) is 5.88. The summed E-state index contributed by atoms with van der Waals surface area (Å²) in [5, 5.41) is 3.91. The highest BCUT2D eigenvalue weighted by atomic mass is 35.5. The third kappa shape index (κ3) is 3.26. The zero-order valence-corrected chi connectivity index (χ0v) is 13.8. The molecule has 0 atom stereocenters. The van der Waals surface area contributed by atoms with Crippen LogP contribution in [0.5, 0.6) is 0 Å². The van der Waals surface area contributed by atoms with Crippen molar-refractivity contribution in [3.63, 3.8) is 0 Å². The first-order valence-corrected chi connectivity index (χ1v) is 9.30. The summed E-state index contributed by atoms with van der Waals surface area (Å²) in [6.07, 6.45) is 5.45. The molecule has 116 valence electrons. The molecule has 4 nitrogen and oxygen atoms in total. The first kappa shape index (κ1) is 15.3. The Kier molecular flexibility index (Phi) is 4.28. The summed E-state index contributed by atoms with van der Waals surface area (Å²) in [5.74, 6) is 0. The molecule has 2 saturated carbocycles. The molecule has 0 heterocycles. The van der Waals surface area contributed by atoms with E-state index in [2.05, 4.69) is 5.32 Å².